The van der Waals surface area contributed by atoms with Gasteiger partial charge in [0, 0.05) is 40.5 Å². The van der Waals surface area contributed by atoms with Gasteiger partial charge >= 0.3 is 0 Å². The molecule has 6 aliphatic rings. The van der Waals surface area contributed by atoms with Gasteiger partial charge in [0.1, 0.15) is 11.8 Å². The minimum absolute atomic E-state index is 0.171. The Balaban J connectivity index is 1.29. The van der Waals surface area contributed by atoms with Crippen molar-refractivity contribution in [3.8, 4) is 0 Å². The second-order valence-electron chi connectivity index (χ2n) is 13.7. The molecule has 3 fully saturated rings. The third-order valence-electron chi connectivity index (χ3n) is 11.5. The summed E-state index contributed by atoms with van der Waals surface area (Å²) in [5.41, 5.74) is 4.92. The Hall–Kier alpha value is -2.73. The van der Waals surface area contributed by atoms with Crippen LogP contribution in [0.3, 0.4) is 0 Å². The zero-order valence-electron chi connectivity index (χ0n) is 24.1. The highest BCUT2D eigenvalue weighted by atomic mass is 16.5. The Morgan fingerprint density at radius 3 is 2.85 bits per heavy atom. The quantitative estimate of drug-likeness (QED) is 0.327. The molecule has 3 saturated heterocycles. The smallest absolute Gasteiger partial charge is 0.112 e. The van der Waals surface area contributed by atoms with Crippen LogP contribution in [-0.4, -0.2) is 63.3 Å². The van der Waals surface area contributed by atoms with E-state index in [-0.39, 0.29) is 17.2 Å². The molecule has 0 amide bonds. The molecule has 0 radical (unpaired) electrons. The summed E-state index contributed by atoms with van der Waals surface area (Å²) >= 11 is 0. The van der Waals surface area contributed by atoms with Gasteiger partial charge in [-0.15, -0.1) is 0 Å². The molecule has 5 nitrogen and oxygen atoms in total. The maximum Gasteiger partial charge on any atom is 0.112 e. The van der Waals surface area contributed by atoms with Crippen molar-refractivity contribution in [2.24, 2.45) is 11.3 Å². The normalized spacial score (nSPS) is 38.6. The number of hydrogen-bond acceptors (Lipinski definition) is 4. The van der Waals surface area contributed by atoms with E-state index in [9.17, 15) is 0 Å². The largest absolute Gasteiger partial charge is 0.353 e. The lowest BCUT2D eigenvalue weighted by atomic mass is 9.55. The molecule has 212 valence electrons. The summed E-state index contributed by atoms with van der Waals surface area (Å²) in [5, 5.41) is 2.58. The van der Waals surface area contributed by atoms with Gasteiger partial charge in [-0.2, -0.15) is 0 Å². The number of para-hydroxylation sites is 1. The predicted octanol–water partition coefficient (Wildman–Crippen LogP) is 7.22. The average Bonchev–Trinajstić information content (AvgIpc) is 3.62. The molecule has 7 atom stereocenters. The first kappa shape index (κ1) is 24.8. The van der Waals surface area contributed by atoms with E-state index in [0.717, 1.165) is 19.3 Å². The molecule has 9 rings (SSSR count). The van der Waals surface area contributed by atoms with Gasteiger partial charge < -0.3 is 14.6 Å². The van der Waals surface area contributed by atoms with Crippen LogP contribution >= 0.6 is 0 Å². The lowest BCUT2D eigenvalue weighted by molar-refractivity contribution is -0.0733. The average molecular weight is 547 g/mol. The van der Waals surface area contributed by atoms with Crippen molar-refractivity contribution in [2.45, 2.75) is 88.1 Å². The summed E-state index contributed by atoms with van der Waals surface area (Å²) in [5.74, 6) is 0.492. The van der Waals surface area contributed by atoms with E-state index in [1.54, 1.807) is 0 Å². The highest BCUT2D eigenvalue weighted by Gasteiger charge is 2.71. The number of benzene rings is 1. The Morgan fingerprint density at radius 2 is 1.85 bits per heavy atom. The molecule has 5 heteroatoms. The maximum atomic E-state index is 7.45. The highest BCUT2D eigenvalue weighted by molar-refractivity contribution is 6.09. The minimum atomic E-state index is -0.277. The zero-order chi connectivity index (χ0) is 27.0. The Labute approximate surface area is 243 Å². The predicted molar refractivity (Wildman–Crippen MR) is 165 cm³/mol. The molecule has 5 aliphatic heterocycles. The molecular weight excluding hydrogens is 504 g/mol. The van der Waals surface area contributed by atoms with E-state index in [1.165, 1.54) is 97.7 Å². The van der Waals surface area contributed by atoms with E-state index in [2.05, 4.69) is 75.5 Å². The molecule has 1 spiro atoms. The number of hydrogen-bond donors (Lipinski definition) is 1. The van der Waals surface area contributed by atoms with Gasteiger partial charge in [-0.25, -0.2) is 0 Å². The molecule has 7 heterocycles. The fraction of sp³-hybridized carbons (Fsp3) is 0.528. The SMILES string of the molecule is C1=CCC[C@@]23C=C(c4nccc5c4[nH]c4ccccc45)[C@@H]4CCN(CCCC1)C[C@@]41C[C@@H]4C=CCCC[C@@H](O2)N4[C@H]13. The number of pyridine rings is 1. The van der Waals surface area contributed by atoms with E-state index in [4.69, 9.17) is 9.72 Å². The molecule has 3 bridgehead atoms. The van der Waals surface area contributed by atoms with Crippen LogP contribution < -0.4 is 0 Å². The first-order valence-corrected chi connectivity index (χ1v) is 16.3. The van der Waals surface area contributed by atoms with Crippen molar-refractivity contribution in [1.29, 1.82) is 0 Å². The Bertz CT molecular complexity index is 1580. The van der Waals surface area contributed by atoms with E-state index >= 15 is 0 Å². The first-order valence-electron chi connectivity index (χ1n) is 16.3. The number of nitrogens with one attached hydrogen (secondary N) is 1. The molecule has 1 unspecified atom stereocenters. The number of ether oxygens (including phenoxy) is 1. The summed E-state index contributed by atoms with van der Waals surface area (Å²) in [6.07, 6.45) is 26.7. The molecule has 1 aliphatic carbocycles. The van der Waals surface area contributed by atoms with E-state index < -0.39 is 0 Å². The van der Waals surface area contributed by atoms with Gasteiger partial charge in [-0.05, 0) is 107 Å². The van der Waals surface area contributed by atoms with Gasteiger partial charge in [-0.3, -0.25) is 9.88 Å². The van der Waals surface area contributed by atoms with Crippen molar-refractivity contribution in [3.63, 3.8) is 0 Å². The number of aromatic nitrogens is 2. The van der Waals surface area contributed by atoms with Crippen molar-refractivity contribution in [1.82, 2.24) is 19.8 Å². The number of H-pyrrole nitrogens is 1. The molecule has 1 aromatic carbocycles. The summed E-state index contributed by atoms with van der Waals surface area (Å²) in [4.78, 5) is 14.7. The van der Waals surface area contributed by atoms with Gasteiger partial charge in [0.2, 0.25) is 0 Å². The van der Waals surface area contributed by atoms with Gasteiger partial charge in [0.15, 0.2) is 0 Å². The van der Waals surface area contributed by atoms with Crippen LogP contribution in [0.25, 0.3) is 27.4 Å². The molecule has 2 aromatic heterocycles. The van der Waals surface area contributed by atoms with E-state index in [1.807, 2.05) is 6.20 Å². The van der Waals surface area contributed by atoms with Gasteiger partial charge in [-0.1, -0.05) is 42.5 Å². The van der Waals surface area contributed by atoms with Crippen LogP contribution in [0, 0.1) is 11.3 Å². The molecular formula is C36H42N4O. The van der Waals surface area contributed by atoms with Gasteiger partial charge in [0.05, 0.1) is 17.3 Å². The third kappa shape index (κ3) is 3.61. The Kier molecular flexibility index (Phi) is 5.69. The second-order valence-corrected chi connectivity index (χ2v) is 13.7. The van der Waals surface area contributed by atoms with Gasteiger partial charge in [0.25, 0.3) is 0 Å². The number of rotatable bonds is 1. The number of allylic oxidation sites excluding steroid dienone is 4. The van der Waals surface area contributed by atoms with Crippen LogP contribution in [0.4, 0.5) is 0 Å². The summed E-state index contributed by atoms with van der Waals surface area (Å²) in [7, 11) is 0. The minimum Gasteiger partial charge on any atom is -0.353 e. The van der Waals surface area contributed by atoms with Crippen molar-refractivity contribution in [2.75, 3.05) is 19.6 Å². The van der Waals surface area contributed by atoms with Crippen LogP contribution in [0.15, 0.2) is 66.9 Å². The fourth-order valence-corrected chi connectivity index (χ4v) is 10.1. The van der Waals surface area contributed by atoms with Crippen molar-refractivity contribution in [3.05, 3.63) is 72.6 Å². The summed E-state index contributed by atoms with van der Waals surface area (Å²) in [6.45, 7) is 3.60. The standard InChI is InChI=1S/C36H42N4O/c1-2-4-11-20-39-21-17-29-28(32-33-27(16-19-37-32)26-13-8-9-14-30(26)38-33)23-36(18-10-3-1)34-35(29,24-39)22-25-12-6-5-7-15-31(41-36)40(25)34/h1,3,6,8-9,12-14,16,19,23,25,29,31,34,38H,2,4-5,7,10-11,15,17-18,20-22,24H2/t25-,29-,31+,34+,35-,36-/m0/s1. The van der Waals surface area contributed by atoms with Crippen LogP contribution in [-0.2, 0) is 4.74 Å². The highest BCUT2D eigenvalue weighted by Crippen LogP contribution is 2.65. The number of fused-ring (bicyclic) bond motifs is 4. The fourth-order valence-electron chi connectivity index (χ4n) is 10.1. The van der Waals surface area contributed by atoms with E-state index in [0.29, 0.717) is 18.0 Å². The number of aromatic amines is 1. The molecule has 3 aromatic rings. The zero-order valence-corrected chi connectivity index (χ0v) is 24.1. The summed E-state index contributed by atoms with van der Waals surface area (Å²) < 4.78 is 7.45. The van der Waals surface area contributed by atoms with Crippen LogP contribution in [0.2, 0.25) is 0 Å². The third-order valence-corrected chi connectivity index (χ3v) is 11.5. The number of nitrogens with zero attached hydrogens (tertiary/aromatic N) is 3. The van der Waals surface area contributed by atoms with Crippen molar-refractivity contribution < 1.29 is 4.74 Å². The molecule has 0 saturated carbocycles. The lowest BCUT2D eigenvalue weighted by Gasteiger charge is -2.56. The topological polar surface area (TPSA) is 44.4 Å². The first-order chi connectivity index (χ1) is 20.3. The van der Waals surface area contributed by atoms with Crippen LogP contribution in [0.5, 0.6) is 0 Å². The van der Waals surface area contributed by atoms with Crippen molar-refractivity contribution >= 4 is 27.4 Å². The maximum absolute atomic E-state index is 7.45. The lowest BCUT2D eigenvalue weighted by Crippen LogP contribution is -2.62. The molecule has 1 N–H and O–H groups in total. The number of piperidine rings is 1. The van der Waals surface area contributed by atoms with Crippen LogP contribution in [0.1, 0.15) is 69.9 Å². The second kappa shape index (κ2) is 9.39. The summed E-state index contributed by atoms with van der Waals surface area (Å²) in [6, 6.07) is 11.8. The molecule has 41 heavy (non-hydrogen) atoms. The monoisotopic (exact) mass is 546 g/mol. The Morgan fingerprint density at radius 1 is 0.927 bits per heavy atom.